The van der Waals surface area contributed by atoms with Crippen molar-refractivity contribution in [3.05, 3.63) is 0 Å². The van der Waals surface area contributed by atoms with Crippen molar-refractivity contribution in [2.45, 2.75) is 45.4 Å². The van der Waals surface area contributed by atoms with E-state index in [1.54, 1.807) is 0 Å². The Morgan fingerprint density at radius 3 is 2.62 bits per heavy atom. The number of amides is 1. The molecular weight excluding hydrogens is 166 g/mol. The van der Waals surface area contributed by atoms with Crippen LogP contribution in [0.2, 0.25) is 0 Å². The van der Waals surface area contributed by atoms with Gasteiger partial charge in [0.25, 0.3) is 0 Å². The normalized spacial score (nSPS) is 10.0. The van der Waals surface area contributed by atoms with Crippen LogP contribution in [0.1, 0.15) is 45.4 Å². The van der Waals surface area contributed by atoms with E-state index in [2.05, 4.69) is 12.2 Å². The maximum atomic E-state index is 11.1. The maximum absolute atomic E-state index is 11.1. The van der Waals surface area contributed by atoms with Crippen LogP contribution in [0, 0.1) is 0 Å². The van der Waals surface area contributed by atoms with Crippen LogP contribution in [0.25, 0.3) is 0 Å². The van der Waals surface area contributed by atoms with Crippen LogP contribution in [-0.2, 0) is 4.79 Å². The number of carbonyl (C=O) groups is 1. The van der Waals surface area contributed by atoms with E-state index in [4.69, 9.17) is 5.11 Å². The van der Waals surface area contributed by atoms with E-state index in [9.17, 15) is 4.79 Å². The predicted octanol–water partition coefficient (Wildman–Crippen LogP) is 1.46. The molecule has 3 nitrogen and oxygen atoms in total. The molecule has 0 radical (unpaired) electrons. The molecule has 0 fully saturated rings. The second-order valence-corrected chi connectivity index (χ2v) is 3.24. The highest BCUT2D eigenvalue weighted by Gasteiger charge is 1.98. The monoisotopic (exact) mass is 187 g/mol. The molecule has 0 aliphatic heterocycles. The van der Waals surface area contributed by atoms with Crippen LogP contribution in [-0.4, -0.2) is 24.2 Å². The van der Waals surface area contributed by atoms with Crippen molar-refractivity contribution in [2.24, 2.45) is 0 Å². The topological polar surface area (TPSA) is 49.3 Å². The number of carbonyl (C=O) groups excluding carboxylic acids is 1. The summed E-state index contributed by atoms with van der Waals surface area (Å²) >= 11 is 0. The Hall–Kier alpha value is -0.570. The molecule has 0 saturated heterocycles. The third-order valence-corrected chi connectivity index (χ3v) is 1.91. The fourth-order valence-electron chi connectivity index (χ4n) is 1.11. The van der Waals surface area contributed by atoms with Gasteiger partial charge in [-0.25, -0.2) is 0 Å². The average Bonchev–Trinajstić information content (AvgIpc) is 2.13. The molecule has 13 heavy (non-hydrogen) atoms. The van der Waals surface area contributed by atoms with Gasteiger partial charge >= 0.3 is 0 Å². The average molecular weight is 187 g/mol. The first-order valence-corrected chi connectivity index (χ1v) is 5.18. The summed E-state index contributed by atoms with van der Waals surface area (Å²) in [5.74, 6) is 0.115. The molecule has 0 heterocycles. The van der Waals surface area contributed by atoms with E-state index in [1.807, 2.05) is 0 Å². The zero-order valence-corrected chi connectivity index (χ0v) is 8.51. The lowest BCUT2D eigenvalue weighted by molar-refractivity contribution is -0.121. The van der Waals surface area contributed by atoms with Gasteiger partial charge in [0.2, 0.25) is 5.91 Å². The van der Waals surface area contributed by atoms with Gasteiger partial charge in [-0.2, -0.15) is 0 Å². The molecule has 78 valence electrons. The van der Waals surface area contributed by atoms with Crippen LogP contribution in [0.5, 0.6) is 0 Å². The minimum atomic E-state index is 0.115. The number of unbranched alkanes of at least 4 members (excludes halogenated alkanes) is 3. The highest BCUT2D eigenvalue weighted by atomic mass is 16.3. The van der Waals surface area contributed by atoms with Crippen LogP contribution >= 0.6 is 0 Å². The molecule has 0 saturated carbocycles. The van der Waals surface area contributed by atoms with Gasteiger partial charge in [0, 0.05) is 19.6 Å². The summed E-state index contributed by atoms with van der Waals surface area (Å²) in [4.78, 5) is 11.1. The first kappa shape index (κ1) is 12.4. The molecule has 0 aromatic heterocycles. The number of nitrogens with one attached hydrogen (secondary N) is 1. The van der Waals surface area contributed by atoms with Crippen molar-refractivity contribution in [3.63, 3.8) is 0 Å². The first-order valence-electron chi connectivity index (χ1n) is 5.18. The van der Waals surface area contributed by atoms with Gasteiger partial charge in [-0.3, -0.25) is 4.79 Å². The first-order chi connectivity index (χ1) is 6.31. The molecule has 0 aliphatic rings. The number of aliphatic hydroxyl groups excluding tert-OH is 1. The van der Waals surface area contributed by atoms with Crippen LogP contribution in [0.3, 0.4) is 0 Å². The standard InChI is InChI=1S/C10H21NO2/c1-2-3-4-5-7-10(13)11-8-6-9-12/h12H,2-9H2,1H3,(H,11,13). The van der Waals surface area contributed by atoms with E-state index in [-0.39, 0.29) is 12.5 Å². The molecular formula is C10H21NO2. The van der Waals surface area contributed by atoms with E-state index in [0.717, 1.165) is 12.8 Å². The Balaban J connectivity index is 3.11. The second-order valence-electron chi connectivity index (χ2n) is 3.24. The summed E-state index contributed by atoms with van der Waals surface area (Å²) in [6.07, 6.45) is 5.82. The molecule has 3 heteroatoms. The van der Waals surface area contributed by atoms with Crippen LogP contribution < -0.4 is 5.32 Å². The zero-order valence-electron chi connectivity index (χ0n) is 8.51. The van der Waals surface area contributed by atoms with Gasteiger partial charge in [-0.05, 0) is 12.8 Å². The van der Waals surface area contributed by atoms with Gasteiger partial charge in [-0.1, -0.05) is 26.2 Å². The SMILES string of the molecule is CCCCCCC(=O)NCCCO. The number of hydrogen-bond acceptors (Lipinski definition) is 2. The minimum absolute atomic E-state index is 0.115. The molecule has 0 aromatic rings. The lowest BCUT2D eigenvalue weighted by Crippen LogP contribution is -2.24. The summed E-state index contributed by atoms with van der Waals surface area (Å²) in [6, 6.07) is 0. The van der Waals surface area contributed by atoms with Crippen molar-refractivity contribution >= 4 is 5.91 Å². The van der Waals surface area contributed by atoms with Crippen molar-refractivity contribution < 1.29 is 9.90 Å². The largest absolute Gasteiger partial charge is 0.396 e. The smallest absolute Gasteiger partial charge is 0.219 e. The lowest BCUT2D eigenvalue weighted by atomic mass is 10.1. The summed E-state index contributed by atoms with van der Waals surface area (Å²) in [5, 5.41) is 11.2. The van der Waals surface area contributed by atoms with Gasteiger partial charge < -0.3 is 10.4 Å². The van der Waals surface area contributed by atoms with Gasteiger partial charge in [0.15, 0.2) is 0 Å². The minimum Gasteiger partial charge on any atom is -0.396 e. The fourth-order valence-corrected chi connectivity index (χ4v) is 1.11. The van der Waals surface area contributed by atoms with E-state index in [1.165, 1.54) is 12.8 Å². The van der Waals surface area contributed by atoms with E-state index < -0.39 is 0 Å². The zero-order chi connectivity index (χ0) is 9.94. The van der Waals surface area contributed by atoms with E-state index >= 15 is 0 Å². The van der Waals surface area contributed by atoms with Crippen molar-refractivity contribution in [1.29, 1.82) is 0 Å². The molecule has 0 rings (SSSR count). The fraction of sp³-hybridized carbons (Fsp3) is 0.900. The Kier molecular flexibility index (Phi) is 9.10. The van der Waals surface area contributed by atoms with Crippen LogP contribution in [0.4, 0.5) is 0 Å². The molecule has 0 aromatic carbocycles. The number of hydrogen-bond donors (Lipinski definition) is 2. The Morgan fingerprint density at radius 1 is 1.23 bits per heavy atom. The highest BCUT2D eigenvalue weighted by molar-refractivity contribution is 5.75. The predicted molar refractivity (Wildman–Crippen MR) is 53.5 cm³/mol. The molecule has 0 aliphatic carbocycles. The van der Waals surface area contributed by atoms with Crippen molar-refractivity contribution in [2.75, 3.05) is 13.2 Å². The molecule has 0 atom stereocenters. The molecule has 2 N–H and O–H groups in total. The van der Waals surface area contributed by atoms with Gasteiger partial charge in [0.1, 0.15) is 0 Å². The molecule has 1 amide bonds. The number of aliphatic hydroxyl groups is 1. The Bertz CT molecular complexity index is 126. The summed E-state index contributed by atoms with van der Waals surface area (Å²) in [6.45, 7) is 2.90. The van der Waals surface area contributed by atoms with Crippen molar-refractivity contribution in [3.8, 4) is 0 Å². The Labute approximate surface area is 80.5 Å². The highest BCUT2D eigenvalue weighted by Crippen LogP contribution is 2.01. The molecule has 0 spiro atoms. The molecule has 0 unspecified atom stereocenters. The van der Waals surface area contributed by atoms with Crippen molar-refractivity contribution in [1.82, 2.24) is 5.32 Å². The summed E-state index contributed by atoms with van der Waals surface area (Å²) in [7, 11) is 0. The lowest BCUT2D eigenvalue weighted by Gasteiger charge is -2.03. The quantitative estimate of drug-likeness (QED) is 0.565. The van der Waals surface area contributed by atoms with Gasteiger partial charge in [0.05, 0.1) is 0 Å². The number of rotatable bonds is 8. The van der Waals surface area contributed by atoms with Gasteiger partial charge in [-0.15, -0.1) is 0 Å². The molecule has 0 bridgehead atoms. The Morgan fingerprint density at radius 2 is 2.00 bits per heavy atom. The van der Waals surface area contributed by atoms with E-state index in [0.29, 0.717) is 19.4 Å². The third-order valence-electron chi connectivity index (χ3n) is 1.91. The third kappa shape index (κ3) is 9.34. The van der Waals surface area contributed by atoms with Crippen LogP contribution in [0.15, 0.2) is 0 Å². The summed E-state index contributed by atoms with van der Waals surface area (Å²) < 4.78 is 0. The maximum Gasteiger partial charge on any atom is 0.219 e. The summed E-state index contributed by atoms with van der Waals surface area (Å²) in [5.41, 5.74) is 0. The second kappa shape index (κ2) is 9.52.